The summed E-state index contributed by atoms with van der Waals surface area (Å²) in [6.07, 6.45) is 0.108. The Bertz CT molecular complexity index is 746. The third-order valence-electron chi connectivity index (χ3n) is 4.19. The molecule has 7 nitrogen and oxygen atoms in total. The highest BCUT2D eigenvalue weighted by Gasteiger charge is 2.28. The highest BCUT2D eigenvalue weighted by Crippen LogP contribution is 2.20. The van der Waals surface area contributed by atoms with Crippen molar-refractivity contribution in [3.05, 3.63) is 29.3 Å². The number of methoxy groups -OCH3 is 1. The van der Waals surface area contributed by atoms with E-state index in [9.17, 15) is 18.0 Å². The molecule has 138 valence electrons. The van der Waals surface area contributed by atoms with Gasteiger partial charge in [-0.25, -0.2) is 8.42 Å². The second kappa shape index (κ2) is 7.86. The number of aryl methyl sites for hydroxylation is 1. The number of rotatable bonds is 5. The number of carbonyl (C=O) groups excluding carboxylic acids is 2. The van der Waals surface area contributed by atoms with E-state index in [2.05, 4.69) is 5.32 Å². The topological polar surface area (TPSA) is 92.8 Å². The highest BCUT2D eigenvalue weighted by atomic mass is 32.2. The lowest BCUT2D eigenvalue weighted by atomic mass is 10.1. The van der Waals surface area contributed by atoms with Gasteiger partial charge in [0.05, 0.1) is 25.0 Å². The molecule has 0 aromatic heterocycles. The summed E-state index contributed by atoms with van der Waals surface area (Å²) in [6, 6.07) is 4.88. The van der Waals surface area contributed by atoms with Crippen LogP contribution in [0.3, 0.4) is 0 Å². The maximum atomic E-state index is 12.4. The molecular weight excluding hydrogens is 344 g/mol. The van der Waals surface area contributed by atoms with Gasteiger partial charge in [-0.1, -0.05) is 17.7 Å². The second-order valence-corrected chi connectivity index (χ2v) is 8.56. The maximum Gasteiger partial charge on any atom is 0.244 e. The summed E-state index contributed by atoms with van der Waals surface area (Å²) in [5, 5.41) is 2.68. The average molecular weight is 368 g/mol. The fraction of sp³-hybridized carbons (Fsp3) is 0.529. The number of hydrogen-bond donors (Lipinski definition) is 1. The van der Waals surface area contributed by atoms with Crippen molar-refractivity contribution in [2.24, 2.45) is 0 Å². The Morgan fingerprint density at radius 2 is 1.92 bits per heavy atom. The molecule has 1 aliphatic heterocycles. The van der Waals surface area contributed by atoms with Crippen molar-refractivity contribution >= 4 is 21.7 Å². The van der Waals surface area contributed by atoms with Gasteiger partial charge in [0, 0.05) is 18.7 Å². The number of nitrogens with zero attached hydrogens (tertiary/aromatic N) is 1. The predicted octanol–water partition coefficient (Wildman–Crippen LogP) is 0.308. The molecule has 1 fully saturated rings. The van der Waals surface area contributed by atoms with E-state index < -0.39 is 15.9 Å². The van der Waals surface area contributed by atoms with Crippen LogP contribution in [0.5, 0.6) is 5.75 Å². The van der Waals surface area contributed by atoms with Crippen LogP contribution in [0.25, 0.3) is 0 Å². The van der Waals surface area contributed by atoms with Crippen molar-refractivity contribution < 1.29 is 22.7 Å². The van der Waals surface area contributed by atoms with E-state index in [0.717, 1.165) is 11.1 Å². The smallest absolute Gasteiger partial charge is 0.244 e. The van der Waals surface area contributed by atoms with E-state index in [1.165, 1.54) is 4.90 Å². The molecule has 1 heterocycles. The number of carbonyl (C=O) groups is 2. The Morgan fingerprint density at radius 3 is 2.52 bits per heavy atom. The average Bonchev–Trinajstić information content (AvgIpc) is 2.54. The van der Waals surface area contributed by atoms with Crippen molar-refractivity contribution in [1.29, 1.82) is 0 Å². The SMILES string of the molecule is COc1ccc(C)cc1CC(=O)NC(C)C(=O)N1CCS(=O)(=O)CC1. The van der Waals surface area contributed by atoms with Crippen LogP contribution in [0.2, 0.25) is 0 Å². The van der Waals surface area contributed by atoms with Gasteiger partial charge in [-0.3, -0.25) is 9.59 Å². The zero-order valence-corrected chi connectivity index (χ0v) is 15.6. The van der Waals surface area contributed by atoms with Gasteiger partial charge in [-0.15, -0.1) is 0 Å². The minimum atomic E-state index is -3.05. The maximum absolute atomic E-state index is 12.4. The number of hydrogen-bond acceptors (Lipinski definition) is 5. The fourth-order valence-corrected chi connectivity index (χ4v) is 3.98. The summed E-state index contributed by atoms with van der Waals surface area (Å²) >= 11 is 0. The second-order valence-electron chi connectivity index (χ2n) is 6.26. The molecule has 0 bridgehead atoms. The van der Waals surface area contributed by atoms with Crippen LogP contribution < -0.4 is 10.1 Å². The summed E-state index contributed by atoms with van der Waals surface area (Å²) in [6.45, 7) is 3.88. The Hall–Kier alpha value is -2.09. The van der Waals surface area contributed by atoms with Gasteiger partial charge >= 0.3 is 0 Å². The lowest BCUT2D eigenvalue weighted by molar-refractivity contribution is -0.135. The van der Waals surface area contributed by atoms with E-state index in [-0.39, 0.29) is 42.8 Å². The van der Waals surface area contributed by atoms with Crippen molar-refractivity contribution in [2.75, 3.05) is 31.7 Å². The van der Waals surface area contributed by atoms with E-state index in [1.807, 2.05) is 19.1 Å². The largest absolute Gasteiger partial charge is 0.496 e. The quantitative estimate of drug-likeness (QED) is 0.807. The summed E-state index contributed by atoms with van der Waals surface area (Å²) in [4.78, 5) is 26.1. The zero-order valence-electron chi connectivity index (χ0n) is 14.7. The van der Waals surface area contributed by atoms with Crippen molar-refractivity contribution in [3.63, 3.8) is 0 Å². The normalized spacial score (nSPS) is 17.6. The summed E-state index contributed by atoms with van der Waals surface area (Å²) in [7, 11) is -1.50. The lowest BCUT2D eigenvalue weighted by Gasteiger charge is -2.29. The Morgan fingerprint density at radius 1 is 1.28 bits per heavy atom. The summed E-state index contributed by atoms with van der Waals surface area (Å²) < 4.78 is 28.1. The van der Waals surface area contributed by atoms with Crippen molar-refractivity contribution in [1.82, 2.24) is 10.2 Å². The summed E-state index contributed by atoms with van der Waals surface area (Å²) in [5.41, 5.74) is 1.77. The Kier molecular flexibility index (Phi) is 6.05. The van der Waals surface area contributed by atoms with Crippen LogP contribution in [0.15, 0.2) is 18.2 Å². The Balaban J connectivity index is 1.94. The number of benzene rings is 1. The number of nitrogens with one attached hydrogen (secondary N) is 1. The molecule has 0 aliphatic carbocycles. The van der Waals surface area contributed by atoms with Gasteiger partial charge < -0.3 is 15.0 Å². The lowest BCUT2D eigenvalue weighted by Crippen LogP contribution is -2.51. The minimum Gasteiger partial charge on any atom is -0.496 e. The van der Waals surface area contributed by atoms with E-state index in [1.54, 1.807) is 20.1 Å². The molecule has 1 aromatic rings. The van der Waals surface area contributed by atoms with Crippen LogP contribution >= 0.6 is 0 Å². The van der Waals surface area contributed by atoms with Crippen molar-refractivity contribution in [2.45, 2.75) is 26.3 Å². The van der Waals surface area contributed by atoms with E-state index >= 15 is 0 Å². The molecule has 1 atom stereocenters. The van der Waals surface area contributed by atoms with Gasteiger partial charge in [0.25, 0.3) is 0 Å². The molecule has 0 radical (unpaired) electrons. The first-order valence-corrected chi connectivity index (χ1v) is 9.96. The third kappa shape index (κ3) is 5.19. The summed E-state index contributed by atoms with van der Waals surface area (Å²) in [5.74, 6) is 0.0228. The van der Waals surface area contributed by atoms with Gasteiger partial charge in [0.2, 0.25) is 11.8 Å². The van der Waals surface area contributed by atoms with Crippen LogP contribution in [-0.4, -0.2) is 62.9 Å². The molecule has 2 rings (SSSR count). The molecule has 0 saturated carbocycles. The van der Waals surface area contributed by atoms with Crippen LogP contribution in [0, 0.1) is 6.92 Å². The van der Waals surface area contributed by atoms with E-state index in [0.29, 0.717) is 5.75 Å². The van der Waals surface area contributed by atoms with Gasteiger partial charge in [-0.05, 0) is 19.9 Å². The predicted molar refractivity (Wildman–Crippen MR) is 94.3 cm³/mol. The standard InChI is InChI=1S/C17H24N2O5S/c1-12-4-5-15(24-3)14(10-12)11-16(20)18-13(2)17(21)19-6-8-25(22,23)9-7-19/h4-5,10,13H,6-9,11H2,1-3H3,(H,18,20). The molecule has 2 amide bonds. The molecular formula is C17H24N2O5S. The first kappa shape index (κ1) is 19.2. The molecule has 8 heteroatoms. The number of ether oxygens (including phenoxy) is 1. The monoisotopic (exact) mass is 368 g/mol. The van der Waals surface area contributed by atoms with Crippen LogP contribution in [0.1, 0.15) is 18.1 Å². The molecule has 1 saturated heterocycles. The Labute approximate surface area is 148 Å². The van der Waals surface area contributed by atoms with Gasteiger partial charge in [0.15, 0.2) is 9.84 Å². The van der Waals surface area contributed by atoms with Crippen LogP contribution in [-0.2, 0) is 25.8 Å². The molecule has 1 N–H and O–H groups in total. The number of sulfone groups is 1. The van der Waals surface area contributed by atoms with Crippen molar-refractivity contribution in [3.8, 4) is 5.75 Å². The first-order chi connectivity index (χ1) is 11.7. The third-order valence-corrected chi connectivity index (χ3v) is 5.80. The molecule has 0 spiro atoms. The fourth-order valence-electron chi connectivity index (χ4n) is 2.78. The molecule has 1 aromatic carbocycles. The number of amides is 2. The van der Waals surface area contributed by atoms with Gasteiger partial charge in [0.1, 0.15) is 11.8 Å². The molecule has 1 aliphatic rings. The van der Waals surface area contributed by atoms with Crippen LogP contribution in [0.4, 0.5) is 0 Å². The van der Waals surface area contributed by atoms with E-state index in [4.69, 9.17) is 4.74 Å². The molecule has 25 heavy (non-hydrogen) atoms. The zero-order chi connectivity index (χ0) is 18.6. The minimum absolute atomic E-state index is 0.0279. The highest BCUT2D eigenvalue weighted by molar-refractivity contribution is 7.91. The molecule has 1 unspecified atom stereocenters. The first-order valence-electron chi connectivity index (χ1n) is 8.14. The van der Waals surface area contributed by atoms with Gasteiger partial charge in [-0.2, -0.15) is 0 Å².